The number of ketones is 1. The molecule has 5 atom stereocenters. The SMILES string of the molecule is CC[C@@]1(O)C(=O)OCC2=C1C=C1c3nc4cc(F)c(C)c5c4c(c3CC1C2=O)[C@@H](NC(=O)[C@H](C)NC(=O)[C@@H](N)C(C)C)CC5.O=C(O)C(F)(F)F. The lowest BCUT2D eigenvalue weighted by Gasteiger charge is -2.35. The molecular weight excluding hydrogens is 680 g/mol. The standard InChI is InChI=1S/C33H37FN4O6.C2HF3O2/c1-6-33(43)21-10-17-18(29(39)20(21)12-44-32(33)42)9-19-26-23(38-30(40)15(5)36-31(41)27(35)13(2)3)8-7-16-14(4)22(34)11-24(25(16)26)37-28(17)19;3-2(4,5)1(6)7/h10-11,13,15,18,23,27,43H,6-9,12,35H2,1-5H3,(H,36,41)(H,38,40);(H,6,7)/t15-,18?,23-,27-,33-;/m0./s1. The van der Waals surface area contributed by atoms with Gasteiger partial charge in [-0.05, 0) is 79.4 Å². The summed E-state index contributed by atoms with van der Waals surface area (Å²) in [4.78, 5) is 66.2. The van der Waals surface area contributed by atoms with Crippen LogP contribution < -0.4 is 16.4 Å². The average molecular weight is 719 g/mol. The number of aliphatic carboxylic acids is 1. The smallest absolute Gasteiger partial charge is 0.475 e. The second kappa shape index (κ2) is 13.5. The number of carbonyl (C=O) groups is 5. The Balaban J connectivity index is 0.000000654. The van der Waals surface area contributed by atoms with Crippen LogP contribution in [0.4, 0.5) is 17.6 Å². The fourth-order valence-corrected chi connectivity index (χ4v) is 7.02. The highest BCUT2D eigenvalue weighted by Gasteiger charge is 2.51. The van der Waals surface area contributed by atoms with Gasteiger partial charge in [-0.25, -0.2) is 19.0 Å². The minimum Gasteiger partial charge on any atom is -0.475 e. The fraction of sp³-hybridized carbons (Fsp3) is 0.486. The Morgan fingerprint density at radius 2 is 1.80 bits per heavy atom. The third kappa shape index (κ3) is 6.50. The van der Waals surface area contributed by atoms with E-state index in [0.717, 1.165) is 22.1 Å². The summed E-state index contributed by atoms with van der Waals surface area (Å²) in [6.45, 7) is 8.39. The summed E-state index contributed by atoms with van der Waals surface area (Å²) in [5, 5.41) is 24.9. The number of alkyl halides is 3. The van der Waals surface area contributed by atoms with Crippen LogP contribution in [0.25, 0.3) is 16.5 Å². The number of cyclic esters (lactones) is 1. The lowest BCUT2D eigenvalue weighted by Crippen LogP contribution is -2.52. The Morgan fingerprint density at radius 3 is 2.39 bits per heavy atom. The van der Waals surface area contributed by atoms with Crippen molar-refractivity contribution in [3.8, 4) is 0 Å². The number of aliphatic hydroxyl groups is 1. The van der Waals surface area contributed by atoms with Crippen LogP contribution in [0, 0.1) is 24.6 Å². The summed E-state index contributed by atoms with van der Waals surface area (Å²) in [5.74, 6) is -5.74. The first kappa shape index (κ1) is 37.6. The predicted octanol–water partition coefficient (Wildman–Crippen LogP) is 3.04. The largest absolute Gasteiger partial charge is 0.490 e. The number of aryl methyl sites for hydroxylation is 1. The molecule has 274 valence electrons. The zero-order valence-corrected chi connectivity index (χ0v) is 28.5. The molecule has 1 unspecified atom stereocenters. The maximum Gasteiger partial charge on any atom is 0.490 e. The number of allylic oxidation sites excluding steroid dienone is 1. The third-order valence-electron chi connectivity index (χ3n) is 10.0. The number of hydrogen-bond acceptors (Lipinski definition) is 9. The van der Waals surface area contributed by atoms with E-state index in [1.54, 1.807) is 26.8 Å². The molecule has 6 N–H and O–H groups in total. The number of Topliss-reactive ketones (excluding diaryl/α,β-unsaturated/α-hetero) is 1. The van der Waals surface area contributed by atoms with Crippen molar-refractivity contribution in [3.05, 3.63) is 57.1 Å². The van der Waals surface area contributed by atoms with E-state index in [2.05, 4.69) is 10.6 Å². The first-order valence-electron chi connectivity index (χ1n) is 16.4. The van der Waals surface area contributed by atoms with Gasteiger partial charge in [0, 0.05) is 22.6 Å². The lowest BCUT2D eigenvalue weighted by atomic mass is 9.75. The molecule has 16 heteroatoms. The molecule has 0 radical (unpaired) electrons. The van der Waals surface area contributed by atoms with E-state index in [1.807, 2.05) is 13.8 Å². The normalized spacial score (nSPS) is 23.3. The maximum atomic E-state index is 15.1. The topological polar surface area (TPSA) is 198 Å². The summed E-state index contributed by atoms with van der Waals surface area (Å²) in [7, 11) is 0. The Labute approximate surface area is 289 Å². The van der Waals surface area contributed by atoms with E-state index in [-0.39, 0.29) is 35.9 Å². The summed E-state index contributed by atoms with van der Waals surface area (Å²) >= 11 is 0. The molecule has 4 aliphatic rings. The first-order valence-corrected chi connectivity index (χ1v) is 16.4. The second-order valence-electron chi connectivity index (χ2n) is 13.5. The number of rotatable bonds is 6. The quantitative estimate of drug-likeness (QED) is 0.219. The van der Waals surface area contributed by atoms with Gasteiger partial charge in [0.05, 0.1) is 29.2 Å². The number of carboxylic acid groups (broad SMARTS) is 1. The van der Waals surface area contributed by atoms with Crippen LogP contribution in [0.15, 0.2) is 23.3 Å². The number of fused-ring (bicyclic) bond motifs is 4. The highest BCUT2D eigenvalue weighted by Crippen LogP contribution is 2.50. The molecule has 2 aromatic rings. The summed E-state index contributed by atoms with van der Waals surface area (Å²) in [6.07, 6.45) is -2.10. The minimum absolute atomic E-state index is 0.0222. The number of nitrogens with two attached hydrogens (primary N) is 1. The molecule has 2 heterocycles. The van der Waals surface area contributed by atoms with E-state index in [4.69, 9.17) is 25.4 Å². The van der Waals surface area contributed by atoms with Crippen molar-refractivity contribution < 1.29 is 56.5 Å². The van der Waals surface area contributed by atoms with Gasteiger partial charge in [0.25, 0.3) is 0 Å². The van der Waals surface area contributed by atoms with Crippen molar-refractivity contribution >= 4 is 46.0 Å². The highest BCUT2D eigenvalue weighted by molar-refractivity contribution is 6.12. The number of nitrogens with one attached hydrogen (secondary N) is 2. The van der Waals surface area contributed by atoms with Crippen molar-refractivity contribution in [2.24, 2.45) is 17.6 Å². The molecule has 0 fully saturated rings. The molecule has 2 amide bonds. The molecule has 1 aromatic heterocycles. The van der Waals surface area contributed by atoms with Crippen LogP contribution in [0.2, 0.25) is 0 Å². The molecule has 0 saturated carbocycles. The Bertz CT molecular complexity index is 1940. The van der Waals surface area contributed by atoms with Crippen molar-refractivity contribution in [1.82, 2.24) is 15.6 Å². The third-order valence-corrected chi connectivity index (χ3v) is 10.0. The van der Waals surface area contributed by atoms with Crippen LogP contribution in [-0.4, -0.2) is 75.2 Å². The number of hydrogen-bond donors (Lipinski definition) is 5. The molecule has 12 nitrogen and oxygen atoms in total. The molecule has 6 rings (SSSR count). The minimum atomic E-state index is -5.08. The van der Waals surface area contributed by atoms with Crippen molar-refractivity contribution in [1.29, 1.82) is 0 Å². The molecule has 1 aromatic carbocycles. The van der Waals surface area contributed by atoms with Crippen LogP contribution in [0.1, 0.15) is 74.5 Å². The van der Waals surface area contributed by atoms with Crippen LogP contribution in [0.5, 0.6) is 0 Å². The number of amides is 2. The van der Waals surface area contributed by atoms with Crippen molar-refractivity contribution in [2.75, 3.05) is 6.61 Å². The number of aromatic nitrogens is 1. The van der Waals surface area contributed by atoms with Crippen LogP contribution in [0.3, 0.4) is 0 Å². The Hall–Kier alpha value is -4.70. The van der Waals surface area contributed by atoms with Gasteiger partial charge in [0.2, 0.25) is 11.8 Å². The van der Waals surface area contributed by atoms with Gasteiger partial charge in [-0.2, -0.15) is 13.2 Å². The van der Waals surface area contributed by atoms with Gasteiger partial charge in [0.1, 0.15) is 18.5 Å². The first-order chi connectivity index (χ1) is 23.7. The molecule has 0 bridgehead atoms. The second-order valence-corrected chi connectivity index (χ2v) is 13.5. The zero-order chi connectivity index (χ0) is 37.9. The van der Waals surface area contributed by atoms with Gasteiger partial charge >= 0.3 is 18.1 Å². The molecular formula is C35H38F4N4O8. The van der Waals surface area contributed by atoms with E-state index >= 15 is 4.39 Å². The van der Waals surface area contributed by atoms with E-state index in [9.17, 15) is 37.5 Å². The fourth-order valence-electron chi connectivity index (χ4n) is 7.02. The summed E-state index contributed by atoms with van der Waals surface area (Å²) in [5.41, 5.74) is 8.84. The number of carboxylic acids is 1. The monoisotopic (exact) mass is 718 g/mol. The Kier molecular flexibility index (Phi) is 9.90. The summed E-state index contributed by atoms with van der Waals surface area (Å²) < 4.78 is 52.1. The molecule has 3 aliphatic carbocycles. The van der Waals surface area contributed by atoms with Gasteiger partial charge in [-0.1, -0.05) is 20.8 Å². The highest BCUT2D eigenvalue weighted by atomic mass is 19.4. The number of benzene rings is 1. The predicted molar refractivity (Wildman–Crippen MR) is 173 cm³/mol. The molecule has 1 aliphatic heterocycles. The summed E-state index contributed by atoms with van der Waals surface area (Å²) in [6, 6.07) is -0.733. The number of ether oxygens (including phenoxy) is 1. The van der Waals surface area contributed by atoms with E-state index in [0.29, 0.717) is 41.6 Å². The van der Waals surface area contributed by atoms with Crippen LogP contribution >= 0.6 is 0 Å². The maximum absolute atomic E-state index is 15.1. The molecule has 0 spiro atoms. The van der Waals surface area contributed by atoms with Crippen molar-refractivity contribution in [2.45, 2.75) is 90.2 Å². The number of esters is 1. The van der Waals surface area contributed by atoms with E-state index < -0.39 is 65.4 Å². The zero-order valence-electron chi connectivity index (χ0n) is 28.5. The van der Waals surface area contributed by atoms with Gasteiger partial charge in [-0.3, -0.25) is 14.4 Å². The molecule has 0 saturated heterocycles. The number of pyridine rings is 1. The number of nitrogens with zero attached hydrogens (tertiary/aromatic N) is 1. The van der Waals surface area contributed by atoms with Gasteiger partial charge in [0.15, 0.2) is 11.4 Å². The number of carbonyl (C=O) groups excluding carboxylic acids is 4. The van der Waals surface area contributed by atoms with Crippen LogP contribution in [-0.2, 0) is 41.6 Å². The molecule has 51 heavy (non-hydrogen) atoms. The lowest BCUT2D eigenvalue weighted by molar-refractivity contribution is -0.192. The van der Waals surface area contributed by atoms with Gasteiger partial charge in [-0.15, -0.1) is 0 Å². The average Bonchev–Trinajstić information content (AvgIpc) is 3.43. The van der Waals surface area contributed by atoms with E-state index in [1.165, 1.54) is 6.07 Å². The van der Waals surface area contributed by atoms with Crippen molar-refractivity contribution in [3.63, 3.8) is 0 Å². The van der Waals surface area contributed by atoms with Gasteiger partial charge < -0.3 is 31.3 Å². The Morgan fingerprint density at radius 1 is 1.16 bits per heavy atom. The number of halogens is 4.